The van der Waals surface area contributed by atoms with E-state index in [0.717, 1.165) is 0 Å². The number of hydrogen-bond acceptors (Lipinski definition) is 3. The smallest absolute Gasteiger partial charge is 0.297 e. The highest BCUT2D eigenvalue weighted by atomic mass is 35.5. The van der Waals surface area contributed by atoms with E-state index < -0.39 is 0 Å². The summed E-state index contributed by atoms with van der Waals surface area (Å²) in [5, 5.41) is 0.583. The summed E-state index contributed by atoms with van der Waals surface area (Å²) in [5.74, 6) is 0.507. The highest BCUT2D eigenvalue weighted by Crippen LogP contribution is 2.44. The molecule has 19 heavy (non-hydrogen) atoms. The maximum Gasteiger partial charge on any atom is 0.333 e. The molecule has 100 valence electrons. The number of carbonyl (C=O) groups is 2. The monoisotopic (exact) mass is 296 g/mol. The Balaban J connectivity index is 1.99. The van der Waals surface area contributed by atoms with Crippen LogP contribution in [0.1, 0.15) is 13.8 Å². The third-order valence-corrected chi connectivity index (χ3v) is 5.11. The molecule has 0 N–H and O–H groups in total. The Morgan fingerprint density at radius 3 is 2.47 bits per heavy atom. The Morgan fingerprint density at radius 2 is 1.89 bits per heavy atom. The van der Waals surface area contributed by atoms with Crippen LogP contribution in [0.2, 0.25) is 5.02 Å². The fraction of sp³-hybridized carbons (Fsp3) is 0.385. The highest BCUT2D eigenvalue weighted by Gasteiger charge is 2.55. The fourth-order valence-corrected chi connectivity index (χ4v) is 3.85. The molecule has 2 saturated heterocycles. The van der Waals surface area contributed by atoms with Crippen LogP contribution in [0.4, 0.5) is 10.5 Å². The number of thioether (sulfide) groups is 1. The van der Waals surface area contributed by atoms with Crippen LogP contribution in [0.5, 0.6) is 0 Å². The second kappa shape index (κ2) is 4.15. The first-order chi connectivity index (χ1) is 8.92. The number of rotatable bonds is 1. The zero-order chi connectivity index (χ0) is 13.8. The number of urea groups is 1. The number of nitrogens with zero attached hydrogens (tertiary/aromatic N) is 2. The standard InChI is InChI=1S/C13H13ClN2O2S/c1-13(2)16-10(7-19-13)11(17)15(12(16)18)9-5-3-8(14)4-6-9/h3-6,10H,7H2,1-2H3/t10-/m0/s1. The van der Waals surface area contributed by atoms with Crippen LogP contribution in [-0.4, -0.2) is 33.5 Å². The number of hydrogen-bond donors (Lipinski definition) is 0. The molecular weight excluding hydrogens is 284 g/mol. The average Bonchev–Trinajstić information content (AvgIpc) is 2.79. The van der Waals surface area contributed by atoms with E-state index >= 15 is 0 Å². The minimum Gasteiger partial charge on any atom is -0.297 e. The van der Waals surface area contributed by atoms with Gasteiger partial charge in [0.05, 0.1) is 10.6 Å². The van der Waals surface area contributed by atoms with Crippen molar-refractivity contribution in [1.29, 1.82) is 0 Å². The number of benzene rings is 1. The van der Waals surface area contributed by atoms with Crippen molar-refractivity contribution in [2.24, 2.45) is 0 Å². The Labute approximate surface area is 120 Å². The van der Waals surface area contributed by atoms with Gasteiger partial charge in [0, 0.05) is 10.8 Å². The van der Waals surface area contributed by atoms with Crippen LogP contribution in [0.25, 0.3) is 0 Å². The van der Waals surface area contributed by atoms with Crippen LogP contribution < -0.4 is 4.90 Å². The van der Waals surface area contributed by atoms with Crippen LogP contribution >= 0.6 is 23.4 Å². The SMILES string of the molecule is CC1(C)SC[C@H]2C(=O)N(c3ccc(Cl)cc3)C(=O)N21. The second-order valence-electron chi connectivity index (χ2n) is 5.08. The summed E-state index contributed by atoms with van der Waals surface area (Å²) in [7, 11) is 0. The third kappa shape index (κ3) is 1.83. The molecule has 2 aliphatic heterocycles. The van der Waals surface area contributed by atoms with Crippen LogP contribution in [0, 0.1) is 0 Å². The molecule has 1 atom stereocenters. The number of anilines is 1. The first-order valence-corrected chi connectivity index (χ1v) is 7.35. The number of halogens is 1. The van der Waals surface area contributed by atoms with E-state index in [1.165, 1.54) is 4.90 Å². The van der Waals surface area contributed by atoms with Crippen LogP contribution in [0.15, 0.2) is 24.3 Å². The van der Waals surface area contributed by atoms with E-state index in [9.17, 15) is 9.59 Å². The van der Waals surface area contributed by atoms with Gasteiger partial charge in [-0.15, -0.1) is 11.8 Å². The molecule has 0 radical (unpaired) electrons. The molecule has 3 amide bonds. The zero-order valence-corrected chi connectivity index (χ0v) is 12.2. The molecule has 4 nitrogen and oxygen atoms in total. The molecule has 1 aromatic carbocycles. The summed E-state index contributed by atoms with van der Waals surface area (Å²) >= 11 is 7.47. The molecule has 0 aliphatic carbocycles. The summed E-state index contributed by atoms with van der Waals surface area (Å²) in [6.07, 6.45) is 0. The Kier molecular flexibility index (Phi) is 2.80. The van der Waals surface area contributed by atoms with Gasteiger partial charge in [0.25, 0.3) is 5.91 Å². The van der Waals surface area contributed by atoms with Crippen LogP contribution in [0.3, 0.4) is 0 Å². The van der Waals surface area contributed by atoms with Crippen molar-refractivity contribution < 1.29 is 9.59 Å². The number of amides is 3. The molecule has 2 heterocycles. The van der Waals surface area contributed by atoms with Crippen molar-refractivity contribution in [3.63, 3.8) is 0 Å². The molecular formula is C13H13ClN2O2S. The van der Waals surface area contributed by atoms with E-state index in [0.29, 0.717) is 16.5 Å². The van der Waals surface area contributed by atoms with Gasteiger partial charge in [-0.05, 0) is 38.1 Å². The molecule has 3 rings (SSSR count). The van der Waals surface area contributed by atoms with Gasteiger partial charge in [-0.3, -0.25) is 9.69 Å². The van der Waals surface area contributed by atoms with Gasteiger partial charge >= 0.3 is 6.03 Å². The van der Waals surface area contributed by atoms with Crippen molar-refractivity contribution in [3.8, 4) is 0 Å². The van der Waals surface area contributed by atoms with Gasteiger partial charge in [0.2, 0.25) is 0 Å². The molecule has 6 heteroatoms. The van der Waals surface area contributed by atoms with Crippen molar-refractivity contribution in [2.75, 3.05) is 10.7 Å². The highest BCUT2D eigenvalue weighted by molar-refractivity contribution is 8.00. The summed E-state index contributed by atoms with van der Waals surface area (Å²) < 4.78 is 0. The van der Waals surface area contributed by atoms with Crippen molar-refractivity contribution in [3.05, 3.63) is 29.3 Å². The van der Waals surface area contributed by atoms with E-state index in [2.05, 4.69) is 0 Å². The summed E-state index contributed by atoms with van der Waals surface area (Å²) in [5.41, 5.74) is 0.578. The van der Waals surface area contributed by atoms with Crippen LogP contribution in [-0.2, 0) is 4.79 Å². The largest absolute Gasteiger partial charge is 0.333 e. The Morgan fingerprint density at radius 1 is 1.26 bits per heavy atom. The molecule has 2 aliphatic rings. The van der Waals surface area contributed by atoms with Crippen molar-refractivity contribution in [2.45, 2.75) is 24.8 Å². The molecule has 0 saturated carbocycles. The quantitative estimate of drug-likeness (QED) is 0.748. The number of imide groups is 1. The third-order valence-electron chi connectivity index (χ3n) is 3.47. The van der Waals surface area contributed by atoms with Crippen molar-refractivity contribution >= 4 is 41.0 Å². The lowest BCUT2D eigenvalue weighted by Gasteiger charge is -2.29. The maximum atomic E-state index is 12.5. The minimum atomic E-state index is -0.344. The average molecular weight is 297 g/mol. The Bertz CT molecular complexity index is 558. The molecule has 0 aromatic heterocycles. The van der Waals surface area contributed by atoms with Gasteiger partial charge in [-0.2, -0.15) is 0 Å². The molecule has 0 bridgehead atoms. The predicted molar refractivity (Wildman–Crippen MR) is 76.5 cm³/mol. The zero-order valence-electron chi connectivity index (χ0n) is 10.6. The second-order valence-corrected chi connectivity index (χ2v) is 7.13. The van der Waals surface area contributed by atoms with Gasteiger partial charge < -0.3 is 0 Å². The van der Waals surface area contributed by atoms with E-state index in [1.807, 2.05) is 13.8 Å². The Hall–Kier alpha value is -1.20. The predicted octanol–water partition coefficient (Wildman–Crippen LogP) is 2.96. The first-order valence-electron chi connectivity index (χ1n) is 5.98. The van der Waals surface area contributed by atoms with Gasteiger partial charge in [-0.25, -0.2) is 9.69 Å². The molecule has 0 spiro atoms. The summed E-state index contributed by atoms with van der Waals surface area (Å²) in [6, 6.07) is 6.16. The molecule has 2 fully saturated rings. The number of fused-ring (bicyclic) bond motifs is 1. The lowest BCUT2D eigenvalue weighted by molar-refractivity contribution is -0.119. The van der Waals surface area contributed by atoms with E-state index in [1.54, 1.807) is 40.9 Å². The lowest BCUT2D eigenvalue weighted by atomic mass is 10.2. The first kappa shape index (κ1) is 12.8. The summed E-state index contributed by atoms with van der Waals surface area (Å²) in [4.78, 5) is 27.5. The van der Waals surface area contributed by atoms with Gasteiger partial charge in [0.15, 0.2) is 0 Å². The van der Waals surface area contributed by atoms with Crippen molar-refractivity contribution in [1.82, 2.24) is 4.90 Å². The van der Waals surface area contributed by atoms with E-state index in [4.69, 9.17) is 11.6 Å². The normalized spacial score (nSPS) is 25.1. The molecule has 1 aromatic rings. The van der Waals surface area contributed by atoms with Gasteiger partial charge in [-0.1, -0.05) is 11.6 Å². The summed E-state index contributed by atoms with van der Waals surface area (Å²) in [6.45, 7) is 3.93. The lowest BCUT2D eigenvalue weighted by Crippen LogP contribution is -2.43. The molecule has 0 unspecified atom stereocenters. The minimum absolute atomic E-state index is 0.148. The maximum absolute atomic E-state index is 12.5. The fourth-order valence-electron chi connectivity index (χ4n) is 2.53. The topological polar surface area (TPSA) is 40.6 Å². The van der Waals surface area contributed by atoms with Gasteiger partial charge in [0.1, 0.15) is 6.04 Å². The number of carbonyl (C=O) groups excluding carboxylic acids is 2. The van der Waals surface area contributed by atoms with E-state index in [-0.39, 0.29) is 22.9 Å².